The summed E-state index contributed by atoms with van der Waals surface area (Å²) in [5, 5.41) is 8.63. The van der Waals surface area contributed by atoms with Gasteiger partial charge in [-0.1, -0.05) is 39.2 Å². The second kappa shape index (κ2) is 7.85. The molecule has 0 saturated carbocycles. The zero-order valence-electron chi connectivity index (χ0n) is 14.8. The summed E-state index contributed by atoms with van der Waals surface area (Å²) in [6.45, 7) is 1.98. The Kier molecular flexibility index (Phi) is 5.12. The van der Waals surface area contributed by atoms with Crippen LogP contribution in [0.4, 0.5) is 0 Å². The molecule has 0 unspecified atom stereocenters. The molecular weight excluding hydrogens is 428 g/mol. The molecule has 8 heteroatoms. The summed E-state index contributed by atoms with van der Waals surface area (Å²) in [7, 11) is 0. The van der Waals surface area contributed by atoms with E-state index in [0.717, 1.165) is 15.4 Å². The minimum Gasteiger partial charge on any atom is -0.460 e. The average Bonchev–Trinajstić information content (AvgIpc) is 3.32. The van der Waals surface area contributed by atoms with Crippen molar-refractivity contribution >= 4 is 32.9 Å². The molecule has 0 spiro atoms. The van der Waals surface area contributed by atoms with Gasteiger partial charge in [-0.15, -0.1) is 5.10 Å². The number of aromatic nitrogens is 2. The number of hydrogen-bond donors (Lipinski definition) is 0. The molecule has 0 aliphatic rings. The van der Waals surface area contributed by atoms with Crippen LogP contribution >= 0.6 is 15.9 Å². The number of rotatable bonds is 6. The average molecular weight is 443 g/mol. The van der Waals surface area contributed by atoms with E-state index in [1.54, 1.807) is 13.0 Å². The van der Waals surface area contributed by atoms with E-state index in [1.165, 1.54) is 0 Å². The van der Waals surface area contributed by atoms with Crippen LogP contribution in [0.5, 0.6) is 6.08 Å². The van der Waals surface area contributed by atoms with Gasteiger partial charge in [-0.05, 0) is 37.3 Å². The summed E-state index contributed by atoms with van der Waals surface area (Å²) in [5.41, 5.74) is 1.89. The fraction of sp³-hybridized carbons (Fsp3) is 0.150. The molecule has 0 saturated heterocycles. The first kappa shape index (κ1) is 18.2. The molecule has 4 rings (SSSR count). The summed E-state index contributed by atoms with van der Waals surface area (Å²) >= 11 is 3.43. The number of carbonyl (C=O) groups is 1. The number of benzene rings is 2. The van der Waals surface area contributed by atoms with Crippen molar-refractivity contribution in [2.24, 2.45) is 0 Å². The third-order valence-electron chi connectivity index (χ3n) is 3.98. The highest BCUT2D eigenvalue weighted by atomic mass is 79.9. The fourth-order valence-electron chi connectivity index (χ4n) is 2.73. The summed E-state index contributed by atoms with van der Waals surface area (Å²) in [6.07, 6.45) is -0.00184. The second-order valence-electron chi connectivity index (χ2n) is 5.80. The van der Waals surface area contributed by atoms with E-state index in [0.29, 0.717) is 17.0 Å². The van der Waals surface area contributed by atoms with E-state index in [2.05, 4.69) is 26.1 Å². The van der Waals surface area contributed by atoms with Crippen molar-refractivity contribution in [3.05, 3.63) is 64.3 Å². The van der Waals surface area contributed by atoms with Crippen molar-refractivity contribution in [2.75, 3.05) is 6.61 Å². The molecule has 7 nitrogen and oxygen atoms in total. The van der Waals surface area contributed by atoms with Crippen molar-refractivity contribution in [2.45, 2.75) is 13.5 Å². The smallest absolute Gasteiger partial charge is 0.415 e. The van der Waals surface area contributed by atoms with Crippen LogP contribution < -0.4 is 4.74 Å². The topological polar surface area (TPSA) is 87.6 Å². The highest BCUT2D eigenvalue weighted by Crippen LogP contribution is 2.30. The summed E-state index contributed by atoms with van der Waals surface area (Å²) in [6, 6.07) is 14.8. The third-order valence-corrected chi connectivity index (χ3v) is 4.47. The molecule has 2 aromatic carbocycles. The van der Waals surface area contributed by atoms with Crippen molar-refractivity contribution in [3.63, 3.8) is 0 Å². The van der Waals surface area contributed by atoms with E-state index in [4.69, 9.17) is 18.3 Å². The highest BCUT2D eigenvalue weighted by Gasteiger charge is 2.23. The molecule has 0 fully saturated rings. The van der Waals surface area contributed by atoms with Crippen LogP contribution in [0.25, 0.3) is 22.4 Å². The molecule has 4 aromatic rings. The van der Waals surface area contributed by atoms with E-state index < -0.39 is 5.97 Å². The van der Waals surface area contributed by atoms with Crippen LogP contribution in [0.2, 0.25) is 0 Å². The van der Waals surface area contributed by atoms with Gasteiger partial charge in [0.2, 0.25) is 5.76 Å². The predicted octanol–water partition coefficient (Wildman–Crippen LogP) is 5.00. The van der Waals surface area contributed by atoms with Crippen LogP contribution in [-0.2, 0) is 11.3 Å². The first-order valence-electron chi connectivity index (χ1n) is 8.55. The van der Waals surface area contributed by atoms with Gasteiger partial charge >= 0.3 is 12.0 Å². The van der Waals surface area contributed by atoms with E-state index in [9.17, 15) is 4.79 Å². The number of esters is 1. The van der Waals surface area contributed by atoms with E-state index in [1.807, 2.05) is 42.5 Å². The van der Waals surface area contributed by atoms with Crippen LogP contribution in [0.15, 0.2) is 61.8 Å². The van der Waals surface area contributed by atoms with Crippen LogP contribution in [0, 0.1) is 0 Å². The Morgan fingerprint density at radius 1 is 1.11 bits per heavy atom. The maximum absolute atomic E-state index is 12.3. The van der Waals surface area contributed by atoms with Crippen LogP contribution in [-0.4, -0.2) is 22.8 Å². The second-order valence-corrected chi connectivity index (χ2v) is 6.71. The Labute approximate surface area is 168 Å². The summed E-state index contributed by atoms with van der Waals surface area (Å²) in [5.74, 6) is -0.109. The molecule has 2 aromatic heterocycles. The molecule has 0 atom stereocenters. The molecule has 0 N–H and O–H groups in total. The number of halogens is 1. The molecule has 0 radical (unpaired) electrons. The molecule has 0 bridgehead atoms. The van der Waals surface area contributed by atoms with Gasteiger partial charge in [0.25, 0.3) is 5.89 Å². The number of nitrogens with zero attached hydrogens (tertiary/aromatic N) is 2. The van der Waals surface area contributed by atoms with Gasteiger partial charge in [-0.2, -0.15) is 0 Å². The van der Waals surface area contributed by atoms with Gasteiger partial charge in [0.05, 0.1) is 12.2 Å². The lowest BCUT2D eigenvalue weighted by Crippen LogP contribution is -2.08. The SMILES string of the molecule is CCOC(=O)c1oc2ccc(Br)cc2c1COc1nnc(-c2ccccc2)o1. The van der Waals surface area contributed by atoms with Crippen LogP contribution in [0.1, 0.15) is 23.0 Å². The first-order chi connectivity index (χ1) is 13.7. The maximum atomic E-state index is 12.3. The zero-order chi connectivity index (χ0) is 19.5. The van der Waals surface area contributed by atoms with Crippen molar-refractivity contribution in [1.82, 2.24) is 10.2 Å². The zero-order valence-corrected chi connectivity index (χ0v) is 16.4. The van der Waals surface area contributed by atoms with Gasteiger partial charge in [-0.25, -0.2) is 4.79 Å². The number of furan rings is 1. The fourth-order valence-corrected chi connectivity index (χ4v) is 3.09. The maximum Gasteiger partial charge on any atom is 0.415 e. The minimum absolute atomic E-state index is 0.00184. The summed E-state index contributed by atoms with van der Waals surface area (Å²) in [4.78, 5) is 12.3. The van der Waals surface area contributed by atoms with E-state index >= 15 is 0 Å². The molecular formula is C20H15BrN2O5. The molecule has 0 aliphatic carbocycles. The largest absolute Gasteiger partial charge is 0.460 e. The normalized spacial score (nSPS) is 10.9. The van der Waals surface area contributed by atoms with Gasteiger partial charge in [-0.3, -0.25) is 0 Å². The predicted molar refractivity (Wildman–Crippen MR) is 104 cm³/mol. The Morgan fingerprint density at radius 2 is 1.93 bits per heavy atom. The van der Waals surface area contributed by atoms with E-state index in [-0.39, 0.29) is 25.1 Å². The number of hydrogen-bond acceptors (Lipinski definition) is 7. The number of ether oxygens (including phenoxy) is 2. The molecule has 142 valence electrons. The Morgan fingerprint density at radius 3 is 2.71 bits per heavy atom. The molecule has 0 amide bonds. The lowest BCUT2D eigenvalue weighted by Gasteiger charge is -2.03. The van der Waals surface area contributed by atoms with Crippen LogP contribution in [0.3, 0.4) is 0 Å². The van der Waals surface area contributed by atoms with Gasteiger partial charge in [0, 0.05) is 15.4 Å². The molecule has 2 heterocycles. The lowest BCUT2D eigenvalue weighted by atomic mass is 10.1. The minimum atomic E-state index is -0.552. The third kappa shape index (κ3) is 3.63. The van der Waals surface area contributed by atoms with Gasteiger partial charge < -0.3 is 18.3 Å². The Bertz CT molecular complexity index is 1120. The lowest BCUT2D eigenvalue weighted by molar-refractivity contribution is 0.0488. The molecule has 28 heavy (non-hydrogen) atoms. The van der Waals surface area contributed by atoms with Crippen molar-refractivity contribution in [1.29, 1.82) is 0 Å². The number of fused-ring (bicyclic) bond motifs is 1. The Hall–Kier alpha value is -3.13. The van der Waals surface area contributed by atoms with Crippen molar-refractivity contribution < 1.29 is 23.1 Å². The highest BCUT2D eigenvalue weighted by molar-refractivity contribution is 9.10. The standard InChI is InChI=1S/C20H15BrN2O5/c1-2-25-19(24)17-15(14-10-13(21)8-9-16(14)27-17)11-26-20-23-22-18(28-20)12-6-4-3-5-7-12/h3-10H,2,11H2,1H3. The molecule has 0 aliphatic heterocycles. The van der Waals surface area contributed by atoms with Crippen molar-refractivity contribution in [3.8, 4) is 17.5 Å². The van der Waals surface area contributed by atoms with Gasteiger partial charge in [0.15, 0.2) is 0 Å². The summed E-state index contributed by atoms with van der Waals surface area (Å²) < 4.78 is 22.8. The quantitative estimate of drug-likeness (QED) is 0.388. The van der Waals surface area contributed by atoms with Gasteiger partial charge in [0.1, 0.15) is 12.2 Å². The number of carbonyl (C=O) groups excluding carboxylic acids is 1. The monoisotopic (exact) mass is 442 g/mol. The first-order valence-corrected chi connectivity index (χ1v) is 9.34. The Balaban J connectivity index is 1.62.